The maximum Gasteiger partial charge on any atom is 0.327 e. The highest BCUT2D eigenvalue weighted by atomic mass is 79.9. The summed E-state index contributed by atoms with van der Waals surface area (Å²) in [6, 6.07) is 14.4. The lowest BCUT2D eigenvalue weighted by Gasteiger charge is -2.26. The molecule has 0 atom stereocenters. The summed E-state index contributed by atoms with van der Waals surface area (Å²) in [5.74, 6) is -0.523. The molecule has 1 saturated carbocycles. The highest BCUT2D eigenvalue weighted by Gasteiger charge is 2.45. The Morgan fingerprint density at radius 2 is 1.50 bits per heavy atom. The molecule has 0 aliphatic heterocycles. The molecular weight excluding hydrogens is 418 g/mol. The molecule has 0 heterocycles. The van der Waals surface area contributed by atoms with Gasteiger partial charge in [0, 0.05) is 4.47 Å². The van der Waals surface area contributed by atoms with Gasteiger partial charge in [0.2, 0.25) is 10.0 Å². The van der Waals surface area contributed by atoms with Crippen molar-refractivity contribution in [2.24, 2.45) is 0 Å². The largest absolute Gasteiger partial charge is 0.468 e. The van der Waals surface area contributed by atoms with Crippen LogP contribution in [0.15, 0.2) is 57.9 Å². The maximum atomic E-state index is 12.8. The van der Waals surface area contributed by atoms with Crippen molar-refractivity contribution in [3.8, 4) is 11.1 Å². The van der Waals surface area contributed by atoms with Crippen molar-refractivity contribution in [2.75, 3.05) is 7.11 Å². The number of carbonyl (C=O) groups is 1. The Kier molecular flexibility index (Phi) is 5.50. The van der Waals surface area contributed by atoms with E-state index in [1.165, 1.54) is 7.11 Å². The molecule has 0 saturated heterocycles. The second kappa shape index (κ2) is 7.50. The first-order valence-corrected chi connectivity index (χ1v) is 10.6. The second-order valence-corrected chi connectivity index (χ2v) is 9.02. The SMILES string of the molecule is COC(=O)C1(NS(=O)(=O)c2ccc(-c3ccc(Br)cc3)cc2)CCCC1. The van der Waals surface area contributed by atoms with Gasteiger partial charge in [-0.05, 0) is 48.2 Å². The Morgan fingerprint density at radius 1 is 1.00 bits per heavy atom. The Labute approximate surface area is 161 Å². The number of benzene rings is 2. The summed E-state index contributed by atoms with van der Waals surface area (Å²) in [6.45, 7) is 0. The number of esters is 1. The average molecular weight is 438 g/mol. The molecule has 26 heavy (non-hydrogen) atoms. The van der Waals surface area contributed by atoms with Crippen molar-refractivity contribution in [1.29, 1.82) is 0 Å². The average Bonchev–Trinajstić information content (AvgIpc) is 3.11. The van der Waals surface area contributed by atoms with Gasteiger partial charge in [-0.3, -0.25) is 4.79 Å². The first-order chi connectivity index (χ1) is 12.4. The molecule has 0 aromatic heterocycles. The Morgan fingerprint density at radius 3 is 2.00 bits per heavy atom. The van der Waals surface area contributed by atoms with Crippen molar-refractivity contribution in [2.45, 2.75) is 36.1 Å². The topological polar surface area (TPSA) is 72.5 Å². The van der Waals surface area contributed by atoms with Gasteiger partial charge in [-0.1, -0.05) is 53.0 Å². The van der Waals surface area contributed by atoms with E-state index in [-0.39, 0.29) is 4.90 Å². The number of sulfonamides is 1. The van der Waals surface area contributed by atoms with Crippen LogP contribution < -0.4 is 4.72 Å². The van der Waals surface area contributed by atoms with Gasteiger partial charge in [0.25, 0.3) is 0 Å². The van der Waals surface area contributed by atoms with E-state index in [9.17, 15) is 13.2 Å². The van der Waals surface area contributed by atoms with Gasteiger partial charge >= 0.3 is 5.97 Å². The summed E-state index contributed by atoms with van der Waals surface area (Å²) in [5, 5.41) is 0. The van der Waals surface area contributed by atoms with Crippen LogP contribution in [0.25, 0.3) is 11.1 Å². The normalized spacial score (nSPS) is 16.4. The monoisotopic (exact) mass is 437 g/mol. The highest BCUT2D eigenvalue weighted by molar-refractivity contribution is 9.10. The summed E-state index contributed by atoms with van der Waals surface area (Å²) in [4.78, 5) is 12.3. The van der Waals surface area contributed by atoms with Crippen LogP contribution in [0.4, 0.5) is 0 Å². The third-order valence-electron chi connectivity index (χ3n) is 4.71. The lowest BCUT2D eigenvalue weighted by molar-refractivity contribution is -0.147. The number of ether oxygens (including phenoxy) is 1. The van der Waals surface area contributed by atoms with E-state index in [4.69, 9.17) is 4.74 Å². The molecule has 0 bridgehead atoms. The van der Waals surface area contributed by atoms with E-state index < -0.39 is 21.5 Å². The quantitative estimate of drug-likeness (QED) is 0.720. The van der Waals surface area contributed by atoms with Crippen LogP contribution in [0, 0.1) is 0 Å². The van der Waals surface area contributed by atoms with Gasteiger partial charge in [0.05, 0.1) is 12.0 Å². The second-order valence-electron chi connectivity index (χ2n) is 6.42. The lowest BCUT2D eigenvalue weighted by Crippen LogP contribution is -2.52. The fraction of sp³-hybridized carbons (Fsp3) is 0.316. The zero-order chi connectivity index (χ0) is 18.8. The molecule has 2 aromatic rings. The lowest BCUT2D eigenvalue weighted by atomic mass is 10.00. The number of methoxy groups -OCH3 is 1. The fourth-order valence-electron chi connectivity index (χ4n) is 3.31. The molecule has 138 valence electrons. The standard InChI is InChI=1S/C19H20BrNO4S/c1-25-18(22)19(12-2-3-13-19)21-26(23,24)17-10-6-15(7-11-17)14-4-8-16(20)9-5-14/h4-11,21H,2-3,12-13H2,1H3. The maximum absolute atomic E-state index is 12.8. The van der Waals surface area contributed by atoms with E-state index in [1.54, 1.807) is 24.3 Å². The van der Waals surface area contributed by atoms with Crippen LogP contribution >= 0.6 is 15.9 Å². The molecule has 7 heteroatoms. The molecule has 0 radical (unpaired) electrons. The molecule has 0 unspecified atom stereocenters. The van der Waals surface area contributed by atoms with Crippen LogP contribution in [0.3, 0.4) is 0 Å². The van der Waals surface area contributed by atoms with E-state index in [0.717, 1.165) is 28.4 Å². The van der Waals surface area contributed by atoms with E-state index >= 15 is 0 Å². The molecule has 3 rings (SSSR count). The highest BCUT2D eigenvalue weighted by Crippen LogP contribution is 2.33. The van der Waals surface area contributed by atoms with Gasteiger partial charge in [-0.2, -0.15) is 4.72 Å². The number of hydrogen-bond donors (Lipinski definition) is 1. The zero-order valence-electron chi connectivity index (χ0n) is 14.4. The molecule has 1 aliphatic carbocycles. The minimum Gasteiger partial charge on any atom is -0.468 e. The fourth-order valence-corrected chi connectivity index (χ4v) is 4.99. The van der Waals surface area contributed by atoms with Crippen LogP contribution in [0.5, 0.6) is 0 Å². The van der Waals surface area contributed by atoms with Gasteiger partial charge in [0.1, 0.15) is 5.54 Å². The van der Waals surface area contributed by atoms with Crippen molar-refractivity contribution in [3.63, 3.8) is 0 Å². The van der Waals surface area contributed by atoms with Gasteiger partial charge in [0.15, 0.2) is 0 Å². The molecule has 1 aliphatic rings. The van der Waals surface area contributed by atoms with Gasteiger partial charge < -0.3 is 4.74 Å². The first-order valence-electron chi connectivity index (χ1n) is 8.35. The third kappa shape index (κ3) is 3.84. The number of halogens is 1. The first kappa shape index (κ1) is 19.1. The predicted octanol–water partition coefficient (Wildman–Crippen LogP) is 3.88. The minimum atomic E-state index is -3.82. The van der Waals surface area contributed by atoms with Crippen LogP contribution in [-0.2, 0) is 19.6 Å². The van der Waals surface area contributed by atoms with E-state index in [0.29, 0.717) is 12.8 Å². The Balaban J connectivity index is 1.85. The Hall–Kier alpha value is -1.70. The predicted molar refractivity (Wildman–Crippen MR) is 103 cm³/mol. The molecule has 5 nitrogen and oxygen atoms in total. The summed E-state index contributed by atoms with van der Waals surface area (Å²) < 4.78 is 34.0. The summed E-state index contributed by atoms with van der Waals surface area (Å²) in [6.07, 6.45) is 2.49. The molecule has 2 aromatic carbocycles. The zero-order valence-corrected chi connectivity index (χ0v) is 16.8. The van der Waals surface area contributed by atoms with E-state index in [1.807, 2.05) is 24.3 Å². The van der Waals surface area contributed by atoms with E-state index in [2.05, 4.69) is 20.7 Å². The third-order valence-corrected chi connectivity index (χ3v) is 6.79. The number of hydrogen-bond acceptors (Lipinski definition) is 4. The van der Waals surface area contributed by atoms with Crippen LogP contribution in [-0.4, -0.2) is 27.0 Å². The van der Waals surface area contributed by atoms with Crippen LogP contribution in [0.1, 0.15) is 25.7 Å². The molecule has 0 spiro atoms. The molecule has 0 amide bonds. The Bertz CT molecular complexity index is 886. The summed E-state index contributed by atoms with van der Waals surface area (Å²) in [5.41, 5.74) is 0.754. The minimum absolute atomic E-state index is 0.133. The number of nitrogens with one attached hydrogen (secondary N) is 1. The van der Waals surface area contributed by atoms with Crippen LogP contribution in [0.2, 0.25) is 0 Å². The number of carbonyl (C=O) groups excluding carboxylic acids is 1. The molecule has 1 N–H and O–H groups in total. The van der Waals surface area contributed by atoms with Crippen molar-refractivity contribution < 1.29 is 17.9 Å². The van der Waals surface area contributed by atoms with Crippen molar-refractivity contribution in [3.05, 3.63) is 53.0 Å². The molecule has 1 fully saturated rings. The van der Waals surface area contributed by atoms with Crippen molar-refractivity contribution in [1.82, 2.24) is 4.72 Å². The van der Waals surface area contributed by atoms with Gasteiger partial charge in [-0.15, -0.1) is 0 Å². The number of rotatable bonds is 5. The molecular formula is C19H20BrNO4S. The summed E-state index contributed by atoms with van der Waals surface area (Å²) in [7, 11) is -2.54. The summed E-state index contributed by atoms with van der Waals surface area (Å²) >= 11 is 3.39. The van der Waals surface area contributed by atoms with Gasteiger partial charge in [-0.25, -0.2) is 8.42 Å². The smallest absolute Gasteiger partial charge is 0.327 e. The van der Waals surface area contributed by atoms with Crippen molar-refractivity contribution >= 4 is 31.9 Å².